The van der Waals surface area contributed by atoms with Crippen molar-refractivity contribution in [3.05, 3.63) is 28.7 Å². The van der Waals surface area contributed by atoms with Crippen LogP contribution in [0.4, 0.5) is 0 Å². The quantitative estimate of drug-likeness (QED) is 0.928. The van der Waals surface area contributed by atoms with Crippen molar-refractivity contribution in [3.8, 4) is 0 Å². The van der Waals surface area contributed by atoms with Crippen molar-refractivity contribution in [2.75, 3.05) is 13.2 Å². The molecule has 1 aliphatic rings. The smallest absolute Gasteiger partial charge is 0.339 e. The second-order valence-electron chi connectivity index (χ2n) is 4.86. The molecule has 8 heteroatoms. The Balaban J connectivity index is 2.04. The highest BCUT2D eigenvalue weighted by atomic mass is 35.5. The average molecular weight is 312 g/mol. The molecule has 3 rings (SSSR count). The summed E-state index contributed by atoms with van der Waals surface area (Å²) in [5, 5.41) is 13.7. The first-order valence-corrected chi connectivity index (χ1v) is 6.94. The topological polar surface area (TPSA) is 86.0 Å². The van der Waals surface area contributed by atoms with Crippen LogP contribution >= 0.6 is 11.6 Å². The van der Waals surface area contributed by atoms with Crippen molar-refractivity contribution in [3.63, 3.8) is 0 Å². The van der Waals surface area contributed by atoms with E-state index in [0.29, 0.717) is 24.6 Å². The van der Waals surface area contributed by atoms with Crippen LogP contribution in [0.1, 0.15) is 35.5 Å². The van der Waals surface area contributed by atoms with Gasteiger partial charge in [-0.25, -0.2) is 14.3 Å². The van der Waals surface area contributed by atoms with Crippen LogP contribution in [0.25, 0.3) is 5.65 Å². The van der Waals surface area contributed by atoms with Gasteiger partial charge in [-0.3, -0.25) is 0 Å². The first kappa shape index (κ1) is 14.2. The van der Waals surface area contributed by atoms with Gasteiger partial charge in [-0.2, -0.15) is 5.10 Å². The fourth-order valence-electron chi connectivity index (χ4n) is 2.45. The van der Waals surface area contributed by atoms with Crippen LogP contribution in [0.3, 0.4) is 0 Å². The number of hydrogen-bond donors (Lipinski definition) is 1. The summed E-state index contributed by atoms with van der Waals surface area (Å²) < 4.78 is 12.6. The van der Waals surface area contributed by atoms with Crippen LogP contribution in [0.15, 0.2) is 12.3 Å². The molecule has 0 unspecified atom stereocenters. The highest BCUT2D eigenvalue weighted by molar-refractivity contribution is 6.29. The van der Waals surface area contributed by atoms with Gasteiger partial charge < -0.3 is 14.6 Å². The van der Waals surface area contributed by atoms with Crippen LogP contribution in [-0.4, -0.2) is 45.0 Å². The van der Waals surface area contributed by atoms with Crippen LogP contribution in [0.5, 0.6) is 0 Å². The van der Waals surface area contributed by atoms with Crippen LogP contribution in [0, 0.1) is 0 Å². The number of aromatic carboxylic acids is 1. The minimum absolute atomic E-state index is 0.0455. The van der Waals surface area contributed by atoms with Crippen molar-refractivity contribution in [2.24, 2.45) is 0 Å². The van der Waals surface area contributed by atoms with E-state index in [1.807, 2.05) is 0 Å². The molecule has 0 saturated carbocycles. The average Bonchev–Trinajstić information content (AvgIpc) is 3.04. The van der Waals surface area contributed by atoms with Crippen LogP contribution < -0.4 is 0 Å². The Hall–Kier alpha value is -1.70. The molecule has 0 aliphatic carbocycles. The van der Waals surface area contributed by atoms with Crippen molar-refractivity contribution in [2.45, 2.75) is 25.6 Å². The molecule has 2 aromatic rings. The summed E-state index contributed by atoms with van der Waals surface area (Å²) in [6.45, 7) is 2.96. The molecule has 0 aromatic carbocycles. The molecule has 0 amide bonds. The Kier molecular flexibility index (Phi) is 3.79. The third-order valence-electron chi connectivity index (χ3n) is 3.39. The molecule has 0 bridgehead atoms. The maximum atomic E-state index is 11.4. The van der Waals surface area contributed by atoms with Gasteiger partial charge in [0.05, 0.1) is 24.5 Å². The second kappa shape index (κ2) is 5.59. The molecule has 21 heavy (non-hydrogen) atoms. The lowest BCUT2D eigenvalue weighted by Crippen LogP contribution is -2.20. The van der Waals surface area contributed by atoms with E-state index < -0.39 is 12.1 Å². The summed E-state index contributed by atoms with van der Waals surface area (Å²) in [7, 11) is 0. The third kappa shape index (κ3) is 2.72. The molecule has 112 valence electrons. The summed E-state index contributed by atoms with van der Waals surface area (Å²) in [6.07, 6.45) is 1.58. The third-order valence-corrected chi connectivity index (χ3v) is 3.58. The molecule has 1 N–H and O–H groups in total. The fourth-order valence-corrected chi connectivity index (χ4v) is 2.63. The van der Waals surface area contributed by atoms with E-state index in [9.17, 15) is 9.90 Å². The van der Waals surface area contributed by atoms with Crippen molar-refractivity contribution in [1.82, 2.24) is 14.6 Å². The number of aromatic nitrogens is 3. The summed E-state index contributed by atoms with van der Waals surface area (Å²) in [5.74, 6) is -1.08. The van der Waals surface area contributed by atoms with Crippen LogP contribution in [-0.2, 0) is 9.47 Å². The standard InChI is InChI=1S/C13H14ClN3O4/c1-7(21-8-2-3-20-6-8)12-9(13(18)19)5-15-11-4-10(14)16-17(11)12/h4-5,7-8H,2-3,6H2,1H3,(H,18,19)/t7-,8-/m0/s1. The van der Waals surface area contributed by atoms with E-state index in [1.54, 1.807) is 13.0 Å². The maximum absolute atomic E-state index is 11.4. The minimum atomic E-state index is -1.08. The number of ether oxygens (including phenoxy) is 2. The van der Waals surface area contributed by atoms with Gasteiger partial charge >= 0.3 is 5.97 Å². The summed E-state index contributed by atoms with van der Waals surface area (Å²) in [6, 6.07) is 1.57. The molecule has 1 aliphatic heterocycles. The van der Waals surface area contributed by atoms with Gasteiger partial charge in [-0.05, 0) is 13.3 Å². The molecule has 0 spiro atoms. The zero-order valence-electron chi connectivity index (χ0n) is 11.3. The summed E-state index contributed by atoms with van der Waals surface area (Å²) >= 11 is 5.88. The summed E-state index contributed by atoms with van der Waals surface area (Å²) in [4.78, 5) is 15.5. The van der Waals surface area contributed by atoms with Gasteiger partial charge in [0.15, 0.2) is 10.8 Å². The number of fused-ring (bicyclic) bond motifs is 1. The minimum Gasteiger partial charge on any atom is -0.478 e. The molecule has 3 heterocycles. The zero-order chi connectivity index (χ0) is 15.0. The Morgan fingerprint density at radius 1 is 1.67 bits per heavy atom. The van der Waals surface area contributed by atoms with Gasteiger partial charge in [0.1, 0.15) is 5.56 Å². The molecule has 1 saturated heterocycles. The largest absolute Gasteiger partial charge is 0.478 e. The lowest BCUT2D eigenvalue weighted by atomic mass is 10.1. The van der Waals surface area contributed by atoms with Gasteiger partial charge in [0, 0.05) is 18.9 Å². The SMILES string of the molecule is C[C@H](O[C@H]1CCOC1)c1c(C(=O)O)cnc2cc(Cl)nn12. The molecular formula is C13H14ClN3O4. The Labute approximate surface area is 125 Å². The lowest BCUT2D eigenvalue weighted by Gasteiger charge is -2.19. The van der Waals surface area contributed by atoms with Crippen molar-refractivity contribution < 1.29 is 19.4 Å². The number of carboxylic acids is 1. The van der Waals surface area contributed by atoms with Crippen molar-refractivity contribution >= 4 is 23.2 Å². The molecule has 7 nitrogen and oxygen atoms in total. The van der Waals surface area contributed by atoms with Crippen molar-refractivity contribution in [1.29, 1.82) is 0 Å². The molecular weight excluding hydrogens is 298 g/mol. The highest BCUT2D eigenvalue weighted by Gasteiger charge is 2.26. The molecule has 2 aromatic heterocycles. The van der Waals surface area contributed by atoms with E-state index in [0.717, 1.165) is 6.42 Å². The number of carbonyl (C=O) groups is 1. The lowest BCUT2D eigenvalue weighted by molar-refractivity contribution is -0.0113. The monoisotopic (exact) mass is 311 g/mol. The zero-order valence-corrected chi connectivity index (χ0v) is 12.1. The molecule has 2 atom stereocenters. The normalized spacial score (nSPS) is 20.0. The van der Waals surface area contributed by atoms with Crippen LogP contribution in [0.2, 0.25) is 5.15 Å². The van der Waals surface area contributed by atoms with E-state index >= 15 is 0 Å². The Bertz CT molecular complexity index is 681. The van der Waals surface area contributed by atoms with Gasteiger partial charge in [0.25, 0.3) is 0 Å². The van der Waals surface area contributed by atoms with E-state index in [-0.39, 0.29) is 16.8 Å². The van der Waals surface area contributed by atoms with Gasteiger partial charge in [-0.1, -0.05) is 11.6 Å². The first-order valence-electron chi connectivity index (χ1n) is 6.57. The number of halogens is 1. The number of rotatable bonds is 4. The maximum Gasteiger partial charge on any atom is 0.339 e. The molecule has 0 radical (unpaired) electrons. The van der Waals surface area contributed by atoms with E-state index in [4.69, 9.17) is 21.1 Å². The Morgan fingerprint density at radius 2 is 2.48 bits per heavy atom. The number of nitrogens with zero attached hydrogens (tertiary/aromatic N) is 3. The Morgan fingerprint density at radius 3 is 3.14 bits per heavy atom. The molecule has 1 fully saturated rings. The predicted molar refractivity (Wildman–Crippen MR) is 73.7 cm³/mol. The second-order valence-corrected chi connectivity index (χ2v) is 5.25. The summed E-state index contributed by atoms with van der Waals surface area (Å²) in [5.41, 5.74) is 0.957. The number of hydrogen-bond acceptors (Lipinski definition) is 5. The van der Waals surface area contributed by atoms with E-state index in [2.05, 4.69) is 10.1 Å². The van der Waals surface area contributed by atoms with Gasteiger partial charge in [0.2, 0.25) is 0 Å². The number of carboxylic acid groups (broad SMARTS) is 1. The van der Waals surface area contributed by atoms with Gasteiger partial charge in [-0.15, -0.1) is 0 Å². The fraction of sp³-hybridized carbons (Fsp3) is 0.462. The highest BCUT2D eigenvalue weighted by Crippen LogP contribution is 2.26. The predicted octanol–water partition coefficient (Wildman–Crippen LogP) is 1.95. The van der Waals surface area contributed by atoms with E-state index in [1.165, 1.54) is 10.7 Å². The first-order chi connectivity index (χ1) is 10.1.